The fourth-order valence-corrected chi connectivity index (χ4v) is 2.27. The van der Waals surface area contributed by atoms with E-state index in [1.807, 2.05) is 13.8 Å². The maximum absolute atomic E-state index is 12.5. The molecule has 0 fully saturated rings. The van der Waals surface area contributed by atoms with Gasteiger partial charge >= 0.3 is 0 Å². The van der Waals surface area contributed by atoms with Gasteiger partial charge in [0.25, 0.3) is 0 Å². The molecule has 1 aliphatic rings. The summed E-state index contributed by atoms with van der Waals surface area (Å²) in [5.41, 5.74) is 0.589. The van der Waals surface area contributed by atoms with Gasteiger partial charge in [-0.05, 0) is 26.0 Å². The lowest BCUT2D eigenvalue weighted by Crippen LogP contribution is -2.29. The number of hydrogen-bond acceptors (Lipinski definition) is 4. The fourth-order valence-electron chi connectivity index (χ4n) is 2.27. The number of ketones is 1. The van der Waals surface area contributed by atoms with E-state index in [2.05, 4.69) is 4.98 Å². The van der Waals surface area contributed by atoms with Crippen molar-refractivity contribution < 1.29 is 14.3 Å². The van der Waals surface area contributed by atoms with Crippen molar-refractivity contribution in [3.63, 3.8) is 0 Å². The fraction of sp³-hybridized carbons (Fsp3) is 0.333. The van der Waals surface area contributed by atoms with Crippen LogP contribution in [0.15, 0.2) is 36.9 Å². The summed E-state index contributed by atoms with van der Waals surface area (Å²) in [6.45, 7) is 4.23. The Balaban J connectivity index is 1.89. The van der Waals surface area contributed by atoms with Gasteiger partial charge in [-0.1, -0.05) is 0 Å². The van der Waals surface area contributed by atoms with Crippen molar-refractivity contribution in [3.8, 4) is 11.5 Å². The summed E-state index contributed by atoms with van der Waals surface area (Å²) in [7, 11) is 0. The van der Waals surface area contributed by atoms with Crippen LogP contribution >= 0.6 is 0 Å². The van der Waals surface area contributed by atoms with Crippen molar-refractivity contribution in [3.05, 3.63) is 42.5 Å². The van der Waals surface area contributed by atoms with Crippen molar-refractivity contribution in [2.75, 3.05) is 6.61 Å². The SMILES string of the molecule is CC(C)Oc1ccc2c(c1)OCC(n1ccnc1)C2=O. The first-order valence-electron chi connectivity index (χ1n) is 6.60. The lowest BCUT2D eigenvalue weighted by atomic mass is 10.0. The van der Waals surface area contributed by atoms with Crippen LogP contribution in [0, 0.1) is 0 Å². The number of imidazole rings is 1. The summed E-state index contributed by atoms with van der Waals surface area (Å²) in [6, 6.07) is 4.99. The standard InChI is InChI=1S/C15H16N2O3/c1-10(2)20-11-3-4-12-14(7-11)19-8-13(15(12)18)17-6-5-16-9-17/h3-7,9-10,13H,8H2,1-2H3. The van der Waals surface area contributed by atoms with Crippen molar-refractivity contribution in [1.29, 1.82) is 0 Å². The molecule has 1 aliphatic heterocycles. The van der Waals surface area contributed by atoms with Gasteiger partial charge in [-0.15, -0.1) is 0 Å². The van der Waals surface area contributed by atoms with E-state index in [0.717, 1.165) is 0 Å². The Morgan fingerprint density at radius 2 is 2.30 bits per heavy atom. The molecule has 0 saturated heterocycles. The third-order valence-electron chi connectivity index (χ3n) is 3.17. The molecule has 5 nitrogen and oxygen atoms in total. The molecule has 2 aromatic rings. The van der Waals surface area contributed by atoms with Gasteiger partial charge in [-0.3, -0.25) is 4.79 Å². The van der Waals surface area contributed by atoms with Crippen molar-refractivity contribution in [2.24, 2.45) is 0 Å². The molecule has 1 aromatic heterocycles. The molecular weight excluding hydrogens is 256 g/mol. The van der Waals surface area contributed by atoms with E-state index < -0.39 is 0 Å². The summed E-state index contributed by atoms with van der Waals surface area (Å²) in [6.07, 6.45) is 5.15. The van der Waals surface area contributed by atoms with Crippen LogP contribution in [0.5, 0.6) is 11.5 Å². The third-order valence-corrected chi connectivity index (χ3v) is 3.17. The van der Waals surface area contributed by atoms with Crippen LogP contribution in [0.4, 0.5) is 0 Å². The topological polar surface area (TPSA) is 53.4 Å². The zero-order valence-corrected chi connectivity index (χ0v) is 11.4. The average molecular weight is 272 g/mol. The number of nitrogens with zero attached hydrogens (tertiary/aromatic N) is 2. The summed E-state index contributed by atoms with van der Waals surface area (Å²) >= 11 is 0. The largest absolute Gasteiger partial charge is 0.491 e. The highest BCUT2D eigenvalue weighted by atomic mass is 16.5. The molecule has 3 rings (SSSR count). The Morgan fingerprint density at radius 3 is 3.00 bits per heavy atom. The summed E-state index contributed by atoms with van der Waals surface area (Å²) in [5, 5.41) is 0. The molecule has 5 heteroatoms. The van der Waals surface area contributed by atoms with Gasteiger partial charge in [0.15, 0.2) is 5.78 Å². The van der Waals surface area contributed by atoms with E-state index in [-0.39, 0.29) is 17.9 Å². The first-order chi connectivity index (χ1) is 9.65. The molecule has 0 saturated carbocycles. The summed E-state index contributed by atoms with van der Waals surface area (Å²) in [5.74, 6) is 1.34. The van der Waals surface area contributed by atoms with E-state index in [4.69, 9.17) is 9.47 Å². The number of hydrogen-bond donors (Lipinski definition) is 0. The minimum Gasteiger partial charge on any atom is -0.491 e. The molecule has 0 aliphatic carbocycles. The molecule has 2 heterocycles. The molecule has 1 aromatic carbocycles. The first-order valence-corrected chi connectivity index (χ1v) is 6.60. The lowest BCUT2D eigenvalue weighted by Gasteiger charge is -2.25. The Hall–Kier alpha value is -2.30. The molecule has 104 valence electrons. The molecular formula is C15H16N2O3. The van der Waals surface area contributed by atoms with E-state index in [0.29, 0.717) is 23.7 Å². The maximum Gasteiger partial charge on any atom is 0.192 e. The van der Waals surface area contributed by atoms with Gasteiger partial charge in [0, 0.05) is 18.5 Å². The molecule has 0 amide bonds. The lowest BCUT2D eigenvalue weighted by molar-refractivity contribution is 0.0840. The van der Waals surface area contributed by atoms with Crippen molar-refractivity contribution in [1.82, 2.24) is 9.55 Å². The number of rotatable bonds is 3. The van der Waals surface area contributed by atoms with Crippen molar-refractivity contribution >= 4 is 5.78 Å². The van der Waals surface area contributed by atoms with Gasteiger partial charge in [-0.2, -0.15) is 0 Å². The second kappa shape index (κ2) is 5.00. The number of benzene rings is 1. The Bertz CT molecular complexity index is 620. The number of carbonyl (C=O) groups excluding carboxylic acids is 1. The van der Waals surface area contributed by atoms with Gasteiger partial charge in [0.1, 0.15) is 24.1 Å². The molecule has 0 radical (unpaired) electrons. The molecule has 0 bridgehead atoms. The number of ether oxygens (including phenoxy) is 2. The molecule has 0 N–H and O–H groups in total. The van der Waals surface area contributed by atoms with Gasteiger partial charge < -0.3 is 14.0 Å². The molecule has 1 atom stereocenters. The predicted octanol–water partition coefficient (Wildman–Crippen LogP) is 2.49. The normalized spacial score (nSPS) is 17.8. The molecule has 20 heavy (non-hydrogen) atoms. The Morgan fingerprint density at radius 1 is 1.45 bits per heavy atom. The third kappa shape index (κ3) is 2.27. The zero-order valence-electron chi connectivity index (χ0n) is 11.4. The second-order valence-electron chi connectivity index (χ2n) is 5.03. The summed E-state index contributed by atoms with van der Waals surface area (Å²) in [4.78, 5) is 16.4. The molecule has 0 spiro atoms. The van der Waals surface area contributed by atoms with Crippen LogP contribution in [0.3, 0.4) is 0 Å². The maximum atomic E-state index is 12.5. The number of aromatic nitrogens is 2. The van der Waals surface area contributed by atoms with Crippen molar-refractivity contribution in [2.45, 2.75) is 26.0 Å². The number of fused-ring (bicyclic) bond motifs is 1. The van der Waals surface area contributed by atoms with Crippen LogP contribution < -0.4 is 9.47 Å². The van der Waals surface area contributed by atoms with Gasteiger partial charge in [0.2, 0.25) is 0 Å². The van der Waals surface area contributed by atoms with Crippen LogP contribution in [0.25, 0.3) is 0 Å². The van der Waals surface area contributed by atoms with E-state index >= 15 is 0 Å². The average Bonchev–Trinajstić information content (AvgIpc) is 2.92. The van der Waals surface area contributed by atoms with Crippen LogP contribution in [0.1, 0.15) is 30.2 Å². The van der Waals surface area contributed by atoms with E-state index in [1.165, 1.54) is 0 Å². The van der Waals surface area contributed by atoms with Crippen LogP contribution in [0.2, 0.25) is 0 Å². The number of carbonyl (C=O) groups is 1. The van der Waals surface area contributed by atoms with Crippen LogP contribution in [-0.2, 0) is 0 Å². The monoisotopic (exact) mass is 272 g/mol. The summed E-state index contributed by atoms with van der Waals surface area (Å²) < 4.78 is 13.1. The quantitative estimate of drug-likeness (QED) is 0.861. The van der Waals surface area contributed by atoms with E-state index in [1.54, 1.807) is 41.5 Å². The van der Waals surface area contributed by atoms with Gasteiger partial charge in [0.05, 0.1) is 18.0 Å². The van der Waals surface area contributed by atoms with Crippen LogP contribution in [-0.4, -0.2) is 28.0 Å². The highest BCUT2D eigenvalue weighted by Crippen LogP contribution is 2.32. The smallest absolute Gasteiger partial charge is 0.192 e. The Labute approximate surface area is 117 Å². The number of Topliss-reactive ketones (excluding diaryl/α,β-unsaturated/α-hetero) is 1. The first kappa shape index (κ1) is 12.7. The highest BCUT2D eigenvalue weighted by molar-refractivity contribution is 6.02. The minimum atomic E-state index is -0.345. The van der Waals surface area contributed by atoms with Gasteiger partial charge in [-0.25, -0.2) is 4.98 Å². The Kier molecular flexibility index (Phi) is 3.18. The predicted molar refractivity (Wildman–Crippen MR) is 73.3 cm³/mol. The highest BCUT2D eigenvalue weighted by Gasteiger charge is 2.30. The molecule has 1 unspecified atom stereocenters. The zero-order chi connectivity index (χ0) is 14.1. The minimum absolute atomic E-state index is 0.0420. The second-order valence-corrected chi connectivity index (χ2v) is 5.03. The van der Waals surface area contributed by atoms with E-state index in [9.17, 15) is 4.79 Å².